The van der Waals surface area contributed by atoms with E-state index in [-0.39, 0.29) is 0 Å². The van der Waals surface area contributed by atoms with Gasteiger partial charge >= 0.3 is 0 Å². The van der Waals surface area contributed by atoms with Crippen molar-refractivity contribution in [2.24, 2.45) is 0 Å². The summed E-state index contributed by atoms with van der Waals surface area (Å²) >= 11 is 0. The molecule has 1 aromatic rings. The lowest BCUT2D eigenvalue weighted by Crippen LogP contribution is -1.87. The topological polar surface area (TPSA) is 30.0 Å². The Morgan fingerprint density at radius 2 is 2.38 bits per heavy atom. The fraction of sp³-hybridized carbons (Fsp3) is 0.200. The predicted molar refractivity (Wildman–Crippen MR) is 48.6 cm³/mol. The van der Waals surface area contributed by atoms with Crippen LogP contribution in [0.25, 0.3) is 6.08 Å². The molecule has 2 nitrogen and oxygen atoms in total. The maximum atomic E-state index is 12.6. The molecule has 0 N–H and O–H groups in total. The van der Waals surface area contributed by atoms with E-state index in [1.165, 1.54) is 12.3 Å². The van der Waals surface area contributed by atoms with Crippen molar-refractivity contribution in [3.8, 4) is 0 Å². The smallest absolute Gasteiger partial charge is 0.213 e. The third-order valence-corrected chi connectivity index (χ3v) is 1.64. The first-order valence-electron chi connectivity index (χ1n) is 3.96. The van der Waals surface area contributed by atoms with Crippen LogP contribution in [0.5, 0.6) is 0 Å². The molecule has 0 radical (unpaired) electrons. The van der Waals surface area contributed by atoms with Gasteiger partial charge in [-0.1, -0.05) is 12.2 Å². The molecule has 0 aromatic carbocycles. The van der Waals surface area contributed by atoms with E-state index in [1.54, 1.807) is 12.2 Å². The van der Waals surface area contributed by atoms with Crippen molar-refractivity contribution >= 4 is 12.4 Å². The lowest BCUT2D eigenvalue weighted by Gasteiger charge is -1.97. The highest BCUT2D eigenvalue weighted by Crippen LogP contribution is 2.09. The first-order chi connectivity index (χ1) is 6.24. The quantitative estimate of drug-likeness (QED) is 0.525. The van der Waals surface area contributed by atoms with Gasteiger partial charge in [0, 0.05) is 18.7 Å². The van der Waals surface area contributed by atoms with Crippen LogP contribution in [0.1, 0.15) is 17.5 Å². The number of aromatic nitrogens is 1. The molecule has 0 amide bonds. The van der Waals surface area contributed by atoms with Crippen LogP contribution in [-0.2, 0) is 4.79 Å². The minimum Gasteiger partial charge on any atom is -0.303 e. The van der Waals surface area contributed by atoms with Crippen molar-refractivity contribution in [2.75, 3.05) is 0 Å². The van der Waals surface area contributed by atoms with Gasteiger partial charge < -0.3 is 4.79 Å². The van der Waals surface area contributed by atoms with Gasteiger partial charge in [-0.2, -0.15) is 4.39 Å². The molecule has 1 heterocycles. The summed E-state index contributed by atoms with van der Waals surface area (Å²) in [5, 5.41) is 0. The number of carbonyl (C=O) groups is 1. The third-order valence-electron chi connectivity index (χ3n) is 1.64. The molecule has 0 aliphatic heterocycles. The standard InChI is InChI=1S/C10H10FNO/c1-8-7-12-10(11)6-9(8)4-2-3-5-13/h2,4-7H,3H2,1H3. The molecule has 0 saturated carbocycles. The van der Waals surface area contributed by atoms with Crippen LogP contribution >= 0.6 is 0 Å². The van der Waals surface area contributed by atoms with Crippen molar-refractivity contribution in [1.29, 1.82) is 0 Å². The first-order valence-corrected chi connectivity index (χ1v) is 3.96. The van der Waals surface area contributed by atoms with Gasteiger partial charge in [-0.25, -0.2) is 4.98 Å². The van der Waals surface area contributed by atoms with Gasteiger partial charge in [0.2, 0.25) is 5.95 Å². The molecule has 0 unspecified atom stereocenters. The number of aldehydes is 1. The fourth-order valence-corrected chi connectivity index (χ4v) is 0.943. The number of hydrogen-bond acceptors (Lipinski definition) is 2. The second kappa shape index (κ2) is 4.50. The molecule has 13 heavy (non-hydrogen) atoms. The minimum atomic E-state index is -0.503. The van der Waals surface area contributed by atoms with Crippen molar-refractivity contribution < 1.29 is 9.18 Å². The highest BCUT2D eigenvalue weighted by Gasteiger charge is 1.96. The van der Waals surface area contributed by atoms with Crippen LogP contribution in [0.15, 0.2) is 18.3 Å². The van der Waals surface area contributed by atoms with E-state index < -0.39 is 5.95 Å². The second-order valence-electron chi connectivity index (χ2n) is 2.67. The normalized spacial score (nSPS) is 10.6. The highest BCUT2D eigenvalue weighted by molar-refractivity contribution is 5.59. The van der Waals surface area contributed by atoms with Crippen LogP contribution in [0.3, 0.4) is 0 Å². The summed E-state index contributed by atoms with van der Waals surface area (Å²) in [6.07, 6.45) is 6.02. The van der Waals surface area contributed by atoms with E-state index in [4.69, 9.17) is 0 Å². The Kier molecular flexibility index (Phi) is 3.31. The Labute approximate surface area is 76.1 Å². The van der Waals surface area contributed by atoms with Gasteiger partial charge in [-0.3, -0.25) is 0 Å². The van der Waals surface area contributed by atoms with E-state index in [1.807, 2.05) is 6.92 Å². The molecule has 1 rings (SSSR count). The van der Waals surface area contributed by atoms with Crippen molar-refractivity contribution in [2.45, 2.75) is 13.3 Å². The Hall–Kier alpha value is -1.51. The molecule has 0 fully saturated rings. The molecule has 0 atom stereocenters. The first kappa shape index (κ1) is 9.58. The number of halogens is 1. The summed E-state index contributed by atoms with van der Waals surface area (Å²) in [5.74, 6) is -0.503. The molecule has 0 aliphatic rings. The van der Waals surface area contributed by atoms with Crippen molar-refractivity contribution in [3.63, 3.8) is 0 Å². The van der Waals surface area contributed by atoms with E-state index in [2.05, 4.69) is 4.98 Å². The SMILES string of the molecule is Cc1cnc(F)cc1C=CCC=O. The summed E-state index contributed by atoms with van der Waals surface area (Å²) in [5.41, 5.74) is 1.65. The Balaban J connectivity index is 2.86. The zero-order valence-electron chi connectivity index (χ0n) is 7.33. The second-order valence-corrected chi connectivity index (χ2v) is 2.67. The highest BCUT2D eigenvalue weighted by atomic mass is 19.1. The van der Waals surface area contributed by atoms with E-state index >= 15 is 0 Å². The minimum absolute atomic E-state index is 0.351. The fourth-order valence-electron chi connectivity index (χ4n) is 0.943. The van der Waals surface area contributed by atoms with E-state index in [0.29, 0.717) is 6.42 Å². The lowest BCUT2D eigenvalue weighted by molar-refractivity contribution is -0.107. The zero-order chi connectivity index (χ0) is 9.68. The maximum absolute atomic E-state index is 12.6. The number of aryl methyl sites for hydroxylation is 1. The lowest BCUT2D eigenvalue weighted by atomic mass is 10.1. The van der Waals surface area contributed by atoms with Gasteiger partial charge in [0.05, 0.1) is 0 Å². The molecule has 0 aliphatic carbocycles. The molecular weight excluding hydrogens is 169 g/mol. The Bertz CT molecular complexity index is 334. The van der Waals surface area contributed by atoms with Crippen LogP contribution < -0.4 is 0 Å². The summed E-state index contributed by atoms with van der Waals surface area (Å²) in [6.45, 7) is 1.84. The number of pyridine rings is 1. The maximum Gasteiger partial charge on any atom is 0.213 e. The molecule has 0 saturated heterocycles. The number of hydrogen-bond donors (Lipinski definition) is 0. The van der Waals surface area contributed by atoms with Gasteiger partial charge in [0.15, 0.2) is 0 Å². The molecule has 0 bridgehead atoms. The average molecular weight is 179 g/mol. The Morgan fingerprint density at radius 3 is 3.08 bits per heavy atom. The molecule has 3 heteroatoms. The number of rotatable bonds is 3. The summed E-state index contributed by atoms with van der Waals surface area (Å²) in [7, 11) is 0. The molecular formula is C10H10FNO. The predicted octanol–water partition coefficient (Wildman–Crippen LogP) is 2.13. The van der Waals surface area contributed by atoms with Crippen molar-refractivity contribution in [3.05, 3.63) is 35.4 Å². The van der Waals surface area contributed by atoms with Crippen LogP contribution in [0.2, 0.25) is 0 Å². The number of carbonyl (C=O) groups excluding carboxylic acids is 1. The Morgan fingerprint density at radius 1 is 1.62 bits per heavy atom. The summed E-state index contributed by atoms with van der Waals surface area (Å²) in [4.78, 5) is 13.5. The molecule has 1 aromatic heterocycles. The zero-order valence-corrected chi connectivity index (χ0v) is 7.33. The van der Waals surface area contributed by atoms with Gasteiger partial charge in [-0.05, 0) is 18.1 Å². The van der Waals surface area contributed by atoms with Crippen molar-refractivity contribution in [1.82, 2.24) is 4.98 Å². The summed E-state index contributed by atoms with van der Waals surface area (Å²) in [6, 6.07) is 1.34. The van der Waals surface area contributed by atoms with Gasteiger partial charge in [0.1, 0.15) is 6.29 Å². The van der Waals surface area contributed by atoms with E-state index in [0.717, 1.165) is 17.4 Å². The summed E-state index contributed by atoms with van der Waals surface area (Å²) < 4.78 is 12.6. The van der Waals surface area contributed by atoms with Gasteiger partial charge in [0.25, 0.3) is 0 Å². The number of nitrogens with zero attached hydrogens (tertiary/aromatic N) is 1. The molecule has 68 valence electrons. The van der Waals surface area contributed by atoms with Gasteiger partial charge in [-0.15, -0.1) is 0 Å². The molecule has 0 spiro atoms. The van der Waals surface area contributed by atoms with Crippen LogP contribution in [-0.4, -0.2) is 11.3 Å². The van der Waals surface area contributed by atoms with Crippen LogP contribution in [0, 0.1) is 12.9 Å². The largest absolute Gasteiger partial charge is 0.303 e. The van der Waals surface area contributed by atoms with Crippen LogP contribution in [0.4, 0.5) is 4.39 Å². The average Bonchev–Trinajstić information content (AvgIpc) is 2.11. The third kappa shape index (κ3) is 2.78. The number of allylic oxidation sites excluding steroid dienone is 1. The van der Waals surface area contributed by atoms with E-state index in [9.17, 15) is 9.18 Å². The monoisotopic (exact) mass is 179 g/mol.